The highest BCUT2D eigenvalue weighted by Gasteiger charge is 2.20. The molecule has 2 N–H and O–H groups in total. The summed E-state index contributed by atoms with van der Waals surface area (Å²) in [4.78, 5) is 2.19. The Kier molecular flexibility index (Phi) is 4.24. The smallest absolute Gasteiger partial charge is 0.226 e. The molecule has 0 aliphatic heterocycles. The van der Waals surface area contributed by atoms with Crippen molar-refractivity contribution in [2.75, 3.05) is 18.8 Å². The van der Waals surface area contributed by atoms with Gasteiger partial charge >= 0.3 is 0 Å². The highest BCUT2D eigenvalue weighted by Crippen LogP contribution is 2.21. The zero-order valence-corrected chi connectivity index (χ0v) is 13.0. The van der Waals surface area contributed by atoms with Gasteiger partial charge in [0.2, 0.25) is 11.6 Å². The maximum absolute atomic E-state index is 6.01. The van der Waals surface area contributed by atoms with E-state index in [1.165, 1.54) is 0 Å². The molecule has 0 amide bonds. The molecule has 0 atom stereocenters. The molecule has 10 nitrogen and oxygen atoms in total. The van der Waals surface area contributed by atoms with Crippen LogP contribution in [-0.2, 0) is 6.67 Å². The molecule has 0 unspecified atom stereocenters. The number of rotatable bonds is 6. The lowest BCUT2D eigenvalue weighted by atomic mass is 10.3. The van der Waals surface area contributed by atoms with Crippen LogP contribution in [-0.4, -0.2) is 58.4 Å². The summed E-state index contributed by atoms with van der Waals surface area (Å²) in [5.41, 5.74) is 7.27. The zero-order chi connectivity index (χ0) is 16.2. The van der Waals surface area contributed by atoms with Crippen molar-refractivity contribution in [1.82, 2.24) is 45.3 Å². The molecular weight excluding hydrogens is 296 g/mol. The Hall–Kier alpha value is -2.88. The van der Waals surface area contributed by atoms with Crippen molar-refractivity contribution in [2.24, 2.45) is 0 Å². The first-order valence-corrected chi connectivity index (χ1v) is 7.36. The Morgan fingerprint density at radius 2 is 1.70 bits per heavy atom. The molecule has 2 heterocycles. The Balaban J connectivity index is 2.01. The second kappa shape index (κ2) is 6.48. The van der Waals surface area contributed by atoms with Gasteiger partial charge in [-0.15, -0.1) is 10.2 Å². The number of benzene rings is 1. The SMILES string of the molecule is CCN(CC)Cn1nnnc1-c1nnnn1-c1ccccc1N. The first-order chi connectivity index (χ1) is 11.2. The fourth-order valence-corrected chi connectivity index (χ4v) is 2.24. The molecule has 120 valence electrons. The van der Waals surface area contributed by atoms with E-state index in [-0.39, 0.29) is 0 Å². The molecule has 0 spiro atoms. The predicted octanol–water partition coefficient (Wildman–Crippen LogP) is 0.197. The van der Waals surface area contributed by atoms with Crippen LogP contribution in [0.2, 0.25) is 0 Å². The van der Waals surface area contributed by atoms with E-state index in [0.717, 1.165) is 13.1 Å². The van der Waals surface area contributed by atoms with Crippen molar-refractivity contribution in [2.45, 2.75) is 20.5 Å². The molecule has 0 aliphatic carbocycles. The molecule has 0 fully saturated rings. The van der Waals surface area contributed by atoms with E-state index in [1.807, 2.05) is 18.2 Å². The third-order valence-electron chi connectivity index (χ3n) is 3.59. The molecule has 0 bridgehead atoms. The van der Waals surface area contributed by atoms with E-state index in [9.17, 15) is 0 Å². The molecule has 1 aromatic carbocycles. The van der Waals surface area contributed by atoms with Crippen LogP contribution in [0, 0.1) is 0 Å². The molecule has 0 saturated heterocycles. The lowest BCUT2D eigenvalue weighted by Crippen LogP contribution is -2.27. The summed E-state index contributed by atoms with van der Waals surface area (Å²) in [5, 5.41) is 23.7. The molecular formula is C13H18N10. The fraction of sp³-hybridized carbons (Fsp3) is 0.385. The number of anilines is 1. The van der Waals surface area contributed by atoms with Crippen molar-refractivity contribution >= 4 is 5.69 Å². The normalized spacial score (nSPS) is 11.3. The first kappa shape index (κ1) is 15.0. The number of hydrogen-bond donors (Lipinski definition) is 1. The summed E-state index contributed by atoms with van der Waals surface area (Å²) in [6.45, 7) is 6.52. The van der Waals surface area contributed by atoms with Crippen molar-refractivity contribution < 1.29 is 0 Å². The number of hydrogen-bond acceptors (Lipinski definition) is 8. The van der Waals surface area contributed by atoms with Gasteiger partial charge in [-0.2, -0.15) is 4.68 Å². The summed E-state index contributed by atoms with van der Waals surface area (Å²) in [6, 6.07) is 7.36. The van der Waals surface area contributed by atoms with E-state index >= 15 is 0 Å². The summed E-state index contributed by atoms with van der Waals surface area (Å²) < 4.78 is 3.22. The second-order valence-corrected chi connectivity index (χ2v) is 4.92. The molecule has 3 aromatic rings. The van der Waals surface area contributed by atoms with Gasteiger partial charge in [-0.3, -0.25) is 4.90 Å². The van der Waals surface area contributed by atoms with Gasteiger partial charge in [0.05, 0.1) is 18.0 Å². The molecule has 0 aliphatic rings. The van der Waals surface area contributed by atoms with Crippen molar-refractivity contribution in [3.05, 3.63) is 24.3 Å². The summed E-state index contributed by atoms with van der Waals surface area (Å²) in [6.07, 6.45) is 0. The molecule has 10 heteroatoms. The largest absolute Gasteiger partial charge is 0.397 e. The Morgan fingerprint density at radius 3 is 2.43 bits per heavy atom. The van der Waals surface area contributed by atoms with Gasteiger partial charge in [0, 0.05) is 0 Å². The highest BCUT2D eigenvalue weighted by atomic mass is 15.6. The molecule has 0 saturated carbocycles. The maximum Gasteiger partial charge on any atom is 0.226 e. The number of para-hydroxylation sites is 2. The summed E-state index contributed by atoms with van der Waals surface area (Å²) in [7, 11) is 0. The van der Waals surface area contributed by atoms with Gasteiger partial charge in [-0.1, -0.05) is 26.0 Å². The fourth-order valence-electron chi connectivity index (χ4n) is 2.24. The lowest BCUT2D eigenvalue weighted by molar-refractivity contribution is 0.228. The van der Waals surface area contributed by atoms with Gasteiger partial charge in [0.25, 0.3) is 0 Å². The Labute approximate surface area is 132 Å². The van der Waals surface area contributed by atoms with E-state index in [0.29, 0.717) is 29.7 Å². The highest BCUT2D eigenvalue weighted by molar-refractivity contribution is 5.60. The topological polar surface area (TPSA) is 116 Å². The molecule has 0 radical (unpaired) electrons. The van der Waals surface area contributed by atoms with E-state index in [4.69, 9.17) is 5.73 Å². The third kappa shape index (κ3) is 2.88. The minimum atomic E-state index is 0.444. The number of nitrogens with zero attached hydrogens (tertiary/aromatic N) is 9. The van der Waals surface area contributed by atoms with Crippen molar-refractivity contribution in [3.8, 4) is 17.3 Å². The van der Waals surface area contributed by atoms with Crippen LogP contribution in [0.1, 0.15) is 13.8 Å². The van der Waals surface area contributed by atoms with E-state index in [1.54, 1.807) is 15.4 Å². The maximum atomic E-state index is 6.01. The van der Waals surface area contributed by atoms with Gasteiger partial charge in [-0.25, -0.2) is 4.68 Å². The summed E-state index contributed by atoms with van der Waals surface area (Å²) in [5.74, 6) is 0.935. The Morgan fingerprint density at radius 1 is 1.00 bits per heavy atom. The number of nitrogens with two attached hydrogens (primary N) is 1. The molecule has 2 aromatic heterocycles. The van der Waals surface area contributed by atoms with Crippen LogP contribution < -0.4 is 5.73 Å². The van der Waals surface area contributed by atoms with Crippen molar-refractivity contribution in [3.63, 3.8) is 0 Å². The van der Waals surface area contributed by atoms with Crippen LogP contribution in [0.3, 0.4) is 0 Å². The third-order valence-corrected chi connectivity index (χ3v) is 3.59. The molecule has 23 heavy (non-hydrogen) atoms. The second-order valence-electron chi connectivity index (χ2n) is 4.92. The van der Waals surface area contributed by atoms with Crippen LogP contribution in [0.4, 0.5) is 5.69 Å². The summed E-state index contributed by atoms with van der Waals surface area (Å²) >= 11 is 0. The van der Waals surface area contributed by atoms with Gasteiger partial charge in [-0.05, 0) is 46.1 Å². The van der Waals surface area contributed by atoms with Crippen molar-refractivity contribution in [1.29, 1.82) is 0 Å². The Bertz CT molecular complexity index is 772. The average Bonchev–Trinajstić information content (AvgIpc) is 3.21. The minimum absolute atomic E-state index is 0.444. The standard InChI is InChI=1S/C13H18N10/c1-3-21(4-2)9-22-12(15-17-19-22)13-16-18-20-23(13)11-8-6-5-7-10(11)14/h5-8H,3-4,9,14H2,1-2H3. The minimum Gasteiger partial charge on any atom is -0.397 e. The number of aromatic nitrogens is 8. The zero-order valence-electron chi connectivity index (χ0n) is 13.0. The van der Waals surface area contributed by atoms with Crippen LogP contribution in [0.15, 0.2) is 24.3 Å². The first-order valence-electron chi connectivity index (χ1n) is 7.36. The number of nitrogen functional groups attached to an aromatic ring is 1. The average molecular weight is 314 g/mol. The van der Waals surface area contributed by atoms with Crippen LogP contribution in [0.5, 0.6) is 0 Å². The molecule has 3 rings (SSSR count). The van der Waals surface area contributed by atoms with Crippen LogP contribution in [0.25, 0.3) is 17.3 Å². The monoisotopic (exact) mass is 314 g/mol. The predicted molar refractivity (Wildman–Crippen MR) is 83.3 cm³/mol. The van der Waals surface area contributed by atoms with Crippen LogP contribution >= 0.6 is 0 Å². The van der Waals surface area contributed by atoms with Gasteiger partial charge in [0.1, 0.15) is 0 Å². The quantitative estimate of drug-likeness (QED) is 0.641. The van der Waals surface area contributed by atoms with Gasteiger partial charge < -0.3 is 5.73 Å². The lowest BCUT2D eigenvalue weighted by Gasteiger charge is -2.17. The van der Waals surface area contributed by atoms with Gasteiger partial charge in [0.15, 0.2) is 0 Å². The van der Waals surface area contributed by atoms with E-state index < -0.39 is 0 Å². The number of tetrazole rings is 2. The van der Waals surface area contributed by atoms with E-state index in [2.05, 4.69) is 49.8 Å².